The zero-order chi connectivity index (χ0) is 27.9. The Bertz CT molecular complexity index is 1910. The molecule has 0 aliphatic rings. The van der Waals surface area contributed by atoms with Crippen LogP contribution in [0.2, 0.25) is 0 Å². The van der Waals surface area contributed by atoms with Crippen LogP contribution in [0.3, 0.4) is 0 Å². The second-order valence-corrected chi connectivity index (χ2v) is 9.48. The monoisotopic (exact) mass is 539 g/mol. The van der Waals surface area contributed by atoms with E-state index in [2.05, 4.69) is 0 Å². The molecule has 0 fully saturated rings. The molecule has 1 unspecified atom stereocenters. The predicted octanol–water partition coefficient (Wildman–Crippen LogP) is 6.57. The molecule has 0 aliphatic heterocycles. The van der Waals surface area contributed by atoms with Gasteiger partial charge >= 0.3 is 11.8 Å². The number of carbonyl (C=O) groups is 1. The standard InChI is InChI=1S/C32H22F3N2O3/c33-32(34,35)24-16-14-21(15-17-24)28(38)19-36-20-37(27-12-6-5-11-26(27)36)30(22-8-2-1-3-9-22)25-18-23-10-4-7-13-29(23)40-31(25)39/h1-18,20,30H,19H2/q+1. The Morgan fingerprint density at radius 2 is 1.52 bits per heavy atom. The number of benzene rings is 4. The first-order valence-corrected chi connectivity index (χ1v) is 12.6. The molecule has 1 atom stereocenters. The minimum atomic E-state index is -4.48. The van der Waals surface area contributed by atoms with E-state index in [-0.39, 0.29) is 17.9 Å². The summed E-state index contributed by atoms with van der Waals surface area (Å²) >= 11 is 0. The Labute approximate surface area is 226 Å². The van der Waals surface area contributed by atoms with Gasteiger partial charge in [0.1, 0.15) is 5.58 Å². The quantitative estimate of drug-likeness (QED) is 0.137. The third-order valence-corrected chi connectivity index (χ3v) is 6.94. The van der Waals surface area contributed by atoms with Crippen molar-refractivity contribution in [3.63, 3.8) is 0 Å². The van der Waals surface area contributed by atoms with Gasteiger partial charge in [0.05, 0.1) is 11.1 Å². The molecule has 198 valence electrons. The molecule has 0 amide bonds. The lowest BCUT2D eigenvalue weighted by Crippen LogP contribution is -2.37. The number of para-hydroxylation sites is 3. The van der Waals surface area contributed by atoms with Gasteiger partial charge in [-0.15, -0.1) is 0 Å². The molecule has 0 spiro atoms. The van der Waals surface area contributed by atoms with E-state index in [1.165, 1.54) is 12.1 Å². The molecular formula is C32H22F3N2O3+. The number of halogens is 3. The molecular weight excluding hydrogens is 517 g/mol. The van der Waals surface area contributed by atoms with Gasteiger partial charge in [0, 0.05) is 16.5 Å². The third-order valence-electron chi connectivity index (χ3n) is 6.94. The number of hydrogen-bond acceptors (Lipinski definition) is 3. The number of aromatic nitrogens is 2. The number of rotatable bonds is 6. The van der Waals surface area contributed by atoms with Crippen molar-refractivity contribution < 1.29 is 27.0 Å². The zero-order valence-electron chi connectivity index (χ0n) is 21.0. The first-order chi connectivity index (χ1) is 19.3. The molecule has 40 heavy (non-hydrogen) atoms. The Morgan fingerprint density at radius 3 is 2.27 bits per heavy atom. The lowest BCUT2D eigenvalue weighted by molar-refractivity contribution is -0.658. The zero-order valence-corrected chi connectivity index (χ0v) is 21.0. The SMILES string of the molecule is O=C(C[n+]1cn(C(c2ccccc2)c2cc3ccccc3oc2=O)c2ccccc21)c1ccc(C(F)(F)F)cc1. The number of imidazole rings is 1. The fourth-order valence-electron chi connectivity index (χ4n) is 5.02. The maximum atomic E-state index is 13.3. The van der Waals surface area contributed by atoms with Gasteiger partial charge in [-0.2, -0.15) is 13.2 Å². The Balaban J connectivity index is 1.47. The topological polar surface area (TPSA) is 56.1 Å². The van der Waals surface area contributed by atoms with Crippen molar-refractivity contribution in [3.05, 3.63) is 148 Å². The van der Waals surface area contributed by atoms with E-state index in [4.69, 9.17) is 4.42 Å². The summed E-state index contributed by atoms with van der Waals surface area (Å²) in [5.74, 6) is -0.344. The van der Waals surface area contributed by atoms with E-state index in [1.54, 1.807) is 23.0 Å². The minimum absolute atomic E-state index is 0.104. The molecule has 2 heterocycles. The maximum absolute atomic E-state index is 13.3. The van der Waals surface area contributed by atoms with Crippen molar-refractivity contribution >= 4 is 27.8 Å². The lowest BCUT2D eigenvalue weighted by Gasteiger charge is -2.15. The summed E-state index contributed by atoms with van der Waals surface area (Å²) in [6, 6.07) is 29.7. The molecule has 0 saturated carbocycles. The average molecular weight is 540 g/mol. The highest BCUT2D eigenvalue weighted by atomic mass is 19.4. The normalized spacial score (nSPS) is 12.6. The van der Waals surface area contributed by atoms with Gasteiger partial charge in [0.25, 0.3) is 0 Å². The number of nitrogens with zero attached hydrogens (tertiary/aromatic N) is 2. The smallest absolute Gasteiger partial charge is 0.416 e. The molecule has 2 aromatic heterocycles. The van der Waals surface area contributed by atoms with Crippen molar-refractivity contribution in [3.8, 4) is 0 Å². The van der Waals surface area contributed by atoms with Crippen LogP contribution >= 0.6 is 0 Å². The van der Waals surface area contributed by atoms with Crippen LogP contribution in [0.25, 0.3) is 22.0 Å². The summed E-state index contributed by atoms with van der Waals surface area (Å²) in [6.45, 7) is -0.104. The summed E-state index contributed by atoms with van der Waals surface area (Å²) < 4.78 is 48.3. The molecule has 0 saturated heterocycles. The van der Waals surface area contributed by atoms with E-state index in [0.29, 0.717) is 11.1 Å². The highest BCUT2D eigenvalue weighted by Gasteiger charge is 2.32. The largest absolute Gasteiger partial charge is 0.422 e. The van der Waals surface area contributed by atoms with Crippen molar-refractivity contribution in [2.45, 2.75) is 18.8 Å². The van der Waals surface area contributed by atoms with Crippen molar-refractivity contribution in [1.82, 2.24) is 4.57 Å². The third kappa shape index (κ3) is 4.68. The molecule has 0 bridgehead atoms. The first-order valence-electron chi connectivity index (χ1n) is 12.6. The van der Waals surface area contributed by atoms with E-state index in [1.807, 2.05) is 77.4 Å². The van der Waals surface area contributed by atoms with Crippen LogP contribution in [0.5, 0.6) is 0 Å². The van der Waals surface area contributed by atoms with Crippen molar-refractivity contribution in [1.29, 1.82) is 0 Å². The highest BCUT2D eigenvalue weighted by Crippen LogP contribution is 2.31. The van der Waals surface area contributed by atoms with E-state index in [9.17, 15) is 22.8 Å². The summed E-state index contributed by atoms with van der Waals surface area (Å²) in [5, 5.41) is 0.778. The second kappa shape index (κ2) is 9.96. The van der Waals surface area contributed by atoms with Gasteiger partial charge in [-0.05, 0) is 36.4 Å². The first kappa shape index (κ1) is 25.3. The van der Waals surface area contributed by atoms with Gasteiger partial charge in [0.2, 0.25) is 12.1 Å². The Hall–Kier alpha value is -4.98. The van der Waals surface area contributed by atoms with Crippen LogP contribution in [-0.2, 0) is 12.7 Å². The van der Waals surface area contributed by atoms with E-state index < -0.39 is 23.4 Å². The maximum Gasteiger partial charge on any atom is 0.416 e. The van der Waals surface area contributed by atoms with Gasteiger partial charge < -0.3 is 4.42 Å². The van der Waals surface area contributed by atoms with Crippen LogP contribution in [0.1, 0.15) is 33.1 Å². The predicted molar refractivity (Wildman–Crippen MR) is 144 cm³/mol. The summed E-state index contributed by atoms with van der Waals surface area (Å²) in [5.41, 5.74) is 2.13. The average Bonchev–Trinajstić information content (AvgIpc) is 3.31. The second-order valence-electron chi connectivity index (χ2n) is 9.48. The van der Waals surface area contributed by atoms with Crippen LogP contribution in [0, 0.1) is 0 Å². The van der Waals surface area contributed by atoms with Gasteiger partial charge in [-0.3, -0.25) is 4.79 Å². The highest BCUT2D eigenvalue weighted by molar-refractivity contribution is 5.95. The Kier molecular flexibility index (Phi) is 6.30. The molecule has 8 heteroatoms. The number of alkyl halides is 3. The number of hydrogen-bond donors (Lipinski definition) is 0. The lowest BCUT2D eigenvalue weighted by atomic mass is 9.98. The molecule has 0 aliphatic carbocycles. The molecule has 0 N–H and O–H groups in total. The fourth-order valence-corrected chi connectivity index (χ4v) is 5.02. The van der Waals surface area contributed by atoms with Crippen LogP contribution in [-0.4, -0.2) is 10.4 Å². The number of ketones is 1. The van der Waals surface area contributed by atoms with Crippen LogP contribution in [0.4, 0.5) is 13.2 Å². The fraction of sp³-hybridized carbons (Fsp3) is 0.0938. The molecule has 6 rings (SSSR count). The van der Waals surface area contributed by atoms with E-state index >= 15 is 0 Å². The minimum Gasteiger partial charge on any atom is -0.422 e. The van der Waals surface area contributed by atoms with Gasteiger partial charge in [-0.1, -0.05) is 72.8 Å². The number of Topliss-reactive ketones (excluding diaryl/α,β-unsaturated/α-hetero) is 1. The van der Waals surface area contributed by atoms with E-state index in [0.717, 1.165) is 34.1 Å². The van der Waals surface area contributed by atoms with Crippen molar-refractivity contribution in [2.75, 3.05) is 0 Å². The Morgan fingerprint density at radius 1 is 0.850 bits per heavy atom. The van der Waals surface area contributed by atoms with Crippen LogP contribution < -0.4 is 10.2 Å². The van der Waals surface area contributed by atoms with Crippen LogP contribution in [0.15, 0.2) is 125 Å². The van der Waals surface area contributed by atoms with Gasteiger partial charge in [0.15, 0.2) is 23.6 Å². The molecule has 0 radical (unpaired) electrons. The number of fused-ring (bicyclic) bond motifs is 2. The van der Waals surface area contributed by atoms with Crippen molar-refractivity contribution in [2.24, 2.45) is 0 Å². The molecule has 5 nitrogen and oxygen atoms in total. The summed E-state index contributed by atoms with van der Waals surface area (Å²) in [6.07, 6.45) is -2.72. The van der Waals surface area contributed by atoms with Gasteiger partial charge in [-0.25, -0.2) is 13.9 Å². The number of carbonyl (C=O) groups excluding carboxylic acids is 1. The summed E-state index contributed by atoms with van der Waals surface area (Å²) in [7, 11) is 0. The summed E-state index contributed by atoms with van der Waals surface area (Å²) in [4.78, 5) is 26.5. The molecule has 4 aromatic carbocycles. The molecule has 6 aromatic rings.